The zero-order valence-corrected chi connectivity index (χ0v) is 9.98. The van der Waals surface area contributed by atoms with Crippen LogP contribution in [0.4, 0.5) is 0 Å². The Labute approximate surface area is 103 Å². The summed E-state index contributed by atoms with van der Waals surface area (Å²) >= 11 is 6.05. The third kappa shape index (κ3) is 2.47. The van der Waals surface area contributed by atoms with Gasteiger partial charge in [0.25, 0.3) is 0 Å². The summed E-state index contributed by atoms with van der Waals surface area (Å²) in [6, 6.07) is 4.74. The molecule has 0 aliphatic rings. The fourth-order valence-electron chi connectivity index (χ4n) is 1.56. The quantitative estimate of drug-likeness (QED) is 0.911. The molecule has 0 aliphatic carbocycles. The summed E-state index contributed by atoms with van der Waals surface area (Å²) < 4.78 is 1.95. The third-order valence-corrected chi connectivity index (χ3v) is 2.92. The molecule has 0 fully saturated rings. The van der Waals surface area contributed by atoms with Crippen molar-refractivity contribution in [1.29, 1.82) is 0 Å². The van der Waals surface area contributed by atoms with E-state index < -0.39 is 5.97 Å². The maximum Gasteiger partial charge on any atom is 0.335 e. The van der Waals surface area contributed by atoms with Crippen LogP contribution in [-0.2, 0) is 6.54 Å². The number of rotatable bonds is 3. The first-order valence-electron chi connectivity index (χ1n) is 5.07. The minimum absolute atomic E-state index is 0.195. The molecule has 5 heteroatoms. The highest BCUT2D eigenvalue weighted by Gasteiger charge is 2.08. The highest BCUT2D eigenvalue weighted by molar-refractivity contribution is 6.31. The van der Waals surface area contributed by atoms with Crippen LogP contribution in [0.5, 0.6) is 0 Å². The molecule has 1 N–H and O–H groups in total. The number of carboxylic acids is 1. The maximum atomic E-state index is 10.8. The van der Waals surface area contributed by atoms with Gasteiger partial charge in [-0.1, -0.05) is 17.7 Å². The van der Waals surface area contributed by atoms with E-state index in [0.29, 0.717) is 11.6 Å². The van der Waals surface area contributed by atoms with Gasteiger partial charge in [-0.3, -0.25) is 0 Å². The van der Waals surface area contributed by atoms with Gasteiger partial charge in [-0.2, -0.15) is 0 Å². The van der Waals surface area contributed by atoms with E-state index in [1.165, 1.54) is 6.07 Å². The number of aromatic carboxylic acids is 1. The molecule has 0 saturated carbocycles. The summed E-state index contributed by atoms with van der Waals surface area (Å²) in [7, 11) is 0. The summed E-state index contributed by atoms with van der Waals surface area (Å²) in [5.74, 6) is -0.0827. The van der Waals surface area contributed by atoms with Crippen molar-refractivity contribution >= 4 is 17.6 Å². The van der Waals surface area contributed by atoms with Crippen LogP contribution >= 0.6 is 11.6 Å². The van der Waals surface area contributed by atoms with E-state index in [-0.39, 0.29) is 5.56 Å². The SMILES string of the molecule is Cc1nccn1Cc1ccc(C(=O)O)cc1Cl. The molecule has 4 nitrogen and oxygen atoms in total. The second-order valence-corrected chi connectivity index (χ2v) is 4.12. The summed E-state index contributed by atoms with van der Waals surface area (Å²) in [6.45, 7) is 2.49. The summed E-state index contributed by atoms with van der Waals surface area (Å²) in [4.78, 5) is 14.9. The van der Waals surface area contributed by atoms with E-state index in [9.17, 15) is 4.79 Å². The predicted octanol–water partition coefficient (Wildman–Crippen LogP) is 2.59. The average molecular weight is 251 g/mol. The van der Waals surface area contributed by atoms with E-state index in [0.717, 1.165) is 11.4 Å². The standard InChI is InChI=1S/C12H11ClN2O2/c1-8-14-4-5-15(8)7-10-3-2-9(12(16)17)6-11(10)13/h2-6H,7H2,1H3,(H,16,17). The van der Waals surface area contributed by atoms with Crippen molar-refractivity contribution in [3.8, 4) is 0 Å². The second kappa shape index (κ2) is 4.59. The van der Waals surface area contributed by atoms with Crippen LogP contribution in [0.2, 0.25) is 5.02 Å². The van der Waals surface area contributed by atoms with Crippen LogP contribution in [0.3, 0.4) is 0 Å². The Bertz CT molecular complexity index is 563. The fourth-order valence-corrected chi connectivity index (χ4v) is 1.80. The Hall–Kier alpha value is -1.81. The lowest BCUT2D eigenvalue weighted by atomic mass is 10.1. The second-order valence-electron chi connectivity index (χ2n) is 3.71. The highest BCUT2D eigenvalue weighted by Crippen LogP contribution is 2.19. The van der Waals surface area contributed by atoms with Crippen LogP contribution < -0.4 is 0 Å². The molecule has 2 rings (SSSR count). The molecular weight excluding hydrogens is 240 g/mol. The van der Waals surface area contributed by atoms with Crippen molar-refractivity contribution in [3.05, 3.63) is 52.6 Å². The molecular formula is C12H11ClN2O2. The first-order valence-corrected chi connectivity index (χ1v) is 5.45. The van der Waals surface area contributed by atoms with Gasteiger partial charge in [-0.25, -0.2) is 9.78 Å². The number of carboxylic acid groups (broad SMARTS) is 1. The van der Waals surface area contributed by atoms with Crippen molar-refractivity contribution < 1.29 is 9.90 Å². The summed E-state index contributed by atoms with van der Waals surface area (Å²) in [6.07, 6.45) is 3.58. The lowest BCUT2D eigenvalue weighted by Gasteiger charge is -2.07. The van der Waals surface area contributed by atoms with Gasteiger partial charge >= 0.3 is 5.97 Å². The van der Waals surface area contributed by atoms with E-state index in [2.05, 4.69) is 4.98 Å². The predicted molar refractivity (Wildman–Crippen MR) is 64.5 cm³/mol. The Morgan fingerprint density at radius 3 is 2.82 bits per heavy atom. The average Bonchev–Trinajstić information content (AvgIpc) is 2.67. The van der Waals surface area contributed by atoms with Gasteiger partial charge in [0.2, 0.25) is 0 Å². The van der Waals surface area contributed by atoms with Crippen molar-refractivity contribution in [2.75, 3.05) is 0 Å². The molecule has 0 radical (unpaired) electrons. The zero-order chi connectivity index (χ0) is 12.4. The highest BCUT2D eigenvalue weighted by atomic mass is 35.5. The van der Waals surface area contributed by atoms with Gasteiger partial charge in [-0.15, -0.1) is 0 Å². The first kappa shape index (κ1) is 11.7. The third-order valence-electron chi connectivity index (χ3n) is 2.56. The molecule has 0 unspecified atom stereocenters. The molecule has 1 heterocycles. The van der Waals surface area contributed by atoms with Crippen LogP contribution in [0.25, 0.3) is 0 Å². The number of imidazole rings is 1. The largest absolute Gasteiger partial charge is 0.478 e. The van der Waals surface area contributed by atoms with Crippen LogP contribution in [0.15, 0.2) is 30.6 Å². The van der Waals surface area contributed by atoms with Crippen molar-refractivity contribution in [2.45, 2.75) is 13.5 Å². The molecule has 0 atom stereocenters. The Balaban J connectivity index is 2.29. The number of carbonyl (C=O) groups is 1. The van der Waals surface area contributed by atoms with Gasteiger partial charge < -0.3 is 9.67 Å². The summed E-state index contributed by atoms with van der Waals surface area (Å²) in [5.41, 5.74) is 1.07. The molecule has 0 saturated heterocycles. The topological polar surface area (TPSA) is 55.1 Å². The van der Waals surface area contributed by atoms with E-state index >= 15 is 0 Å². The van der Waals surface area contributed by atoms with E-state index in [1.807, 2.05) is 17.7 Å². The van der Waals surface area contributed by atoms with E-state index in [1.54, 1.807) is 18.3 Å². The molecule has 0 aliphatic heterocycles. The van der Waals surface area contributed by atoms with Gasteiger partial charge in [0.05, 0.1) is 12.1 Å². The Morgan fingerprint density at radius 1 is 1.53 bits per heavy atom. The smallest absolute Gasteiger partial charge is 0.335 e. The maximum absolute atomic E-state index is 10.8. The number of aromatic nitrogens is 2. The van der Waals surface area contributed by atoms with Gasteiger partial charge in [0, 0.05) is 17.4 Å². The number of halogens is 1. The fraction of sp³-hybridized carbons (Fsp3) is 0.167. The molecule has 1 aromatic carbocycles. The van der Waals surface area contributed by atoms with Crippen LogP contribution in [0, 0.1) is 6.92 Å². The number of hydrogen-bond acceptors (Lipinski definition) is 2. The molecule has 88 valence electrons. The van der Waals surface area contributed by atoms with Gasteiger partial charge in [0.15, 0.2) is 0 Å². The minimum atomic E-state index is -0.975. The molecule has 0 amide bonds. The number of benzene rings is 1. The monoisotopic (exact) mass is 250 g/mol. The molecule has 1 aromatic heterocycles. The van der Waals surface area contributed by atoms with Gasteiger partial charge in [0.1, 0.15) is 5.82 Å². The number of nitrogens with zero attached hydrogens (tertiary/aromatic N) is 2. The lowest BCUT2D eigenvalue weighted by molar-refractivity contribution is 0.0697. The molecule has 2 aromatic rings. The molecule has 0 bridgehead atoms. The molecule has 17 heavy (non-hydrogen) atoms. The number of hydrogen-bond donors (Lipinski definition) is 1. The Kier molecular flexibility index (Phi) is 3.15. The lowest BCUT2D eigenvalue weighted by Crippen LogP contribution is -2.03. The van der Waals surface area contributed by atoms with Crippen molar-refractivity contribution in [1.82, 2.24) is 9.55 Å². The first-order chi connectivity index (χ1) is 8.08. The van der Waals surface area contributed by atoms with Crippen molar-refractivity contribution in [2.24, 2.45) is 0 Å². The van der Waals surface area contributed by atoms with Gasteiger partial charge in [-0.05, 0) is 24.6 Å². The molecule has 0 spiro atoms. The number of aryl methyl sites for hydroxylation is 1. The van der Waals surface area contributed by atoms with Crippen LogP contribution in [-0.4, -0.2) is 20.6 Å². The minimum Gasteiger partial charge on any atom is -0.478 e. The zero-order valence-electron chi connectivity index (χ0n) is 9.22. The summed E-state index contributed by atoms with van der Waals surface area (Å²) in [5, 5.41) is 9.28. The van der Waals surface area contributed by atoms with Crippen molar-refractivity contribution in [3.63, 3.8) is 0 Å². The Morgan fingerprint density at radius 2 is 2.29 bits per heavy atom. The normalized spacial score (nSPS) is 10.5. The van der Waals surface area contributed by atoms with E-state index in [4.69, 9.17) is 16.7 Å². The van der Waals surface area contributed by atoms with Crippen LogP contribution in [0.1, 0.15) is 21.7 Å².